The number of ether oxygens (including phenoxy) is 2. The number of benzene rings is 1. The van der Waals surface area contributed by atoms with Gasteiger partial charge in [-0.15, -0.1) is 0 Å². The van der Waals surface area contributed by atoms with Crippen LogP contribution in [-0.2, 0) is 4.79 Å². The fourth-order valence-corrected chi connectivity index (χ4v) is 4.02. The summed E-state index contributed by atoms with van der Waals surface area (Å²) >= 11 is 0. The van der Waals surface area contributed by atoms with Gasteiger partial charge in [-0.2, -0.15) is 0 Å². The molecular weight excluding hydrogens is 320 g/mol. The van der Waals surface area contributed by atoms with Crippen LogP contribution in [0.4, 0.5) is 0 Å². The number of likely N-dealkylation sites (tertiary alicyclic amines) is 1. The zero-order valence-electron chi connectivity index (χ0n) is 14.3. The van der Waals surface area contributed by atoms with Crippen molar-refractivity contribution in [2.75, 3.05) is 13.3 Å². The number of carbonyl (C=O) groups excluding carboxylic acids is 2. The van der Waals surface area contributed by atoms with Gasteiger partial charge in [0.25, 0.3) is 5.91 Å². The third kappa shape index (κ3) is 3.30. The highest BCUT2D eigenvalue weighted by molar-refractivity contribution is 5.98. The number of hydrogen-bond acceptors (Lipinski definition) is 4. The molecule has 0 radical (unpaired) electrons. The van der Waals surface area contributed by atoms with Gasteiger partial charge in [-0.05, 0) is 43.9 Å². The second-order valence-corrected chi connectivity index (χ2v) is 7.07. The summed E-state index contributed by atoms with van der Waals surface area (Å²) in [6, 6.07) is 5.11. The van der Waals surface area contributed by atoms with Crippen molar-refractivity contribution in [3.8, 4) is 11.5 Å². The second-order valence-electron chi connectivity index (χ2n) is 7.07. The Morgan fingerprint density at radius 2 is 1.80 bits per heavy atom. The highest BCUT2D eigenvalue weighted by Crippen LogP contribution is 2.33. The molecular formula is C19H24N2O4. The number of nitrogens with zero attached hydrogens (tertiary/aromatic N) is 1. The lowest BCUT2D eigenvalue weighted by atomic mass is 9.95. The van der Waals surface area contributed by atoms with E-state index < -0.39 is 0 Å². The summed E-state index contributed by atoms with van der Waals surface area (Å²) in [6.07, 6.45) is 7.30. The lowest BCUT2D eigenvalue weighted by Crippen LogP contribution is -2.49. The van der Waals surface area contributed by atoms with Crippen LogP contribution in [-0.4, -0.2) is 42.1 Å². The number of nitrogens with one attached hydrogen (secondary N) is 1. The maximum atomic E-state index is 12.9. The van der Waals surface area contributed by atoms with Crippen LogP contribution < -0.4 is 14.8 Å². The van der Waals surface area contributed by atoms with Crippen LogP contribution >= 0.6 is 0 Å². The first kappa shape index (κ1) is 16.2. The minimum atomic E-state index is -0.361. The van der Waals surface area contributed by atoms with Crippen LogP contribution in [0.1, 0.15) is 55.3 Å². The summed E-state index contributed by atoms with van der Waals surface area (Å²) in [6.45, 7) is 0.805. The van der Waals surface area contributed by atoms with E-state index in [0.29, 0.717) is 23.6 Å². The SMILES string of the molecule is O=C(NC1CCCCC1)[C@H]1CCCN1C(=O)c1ccc2c(c1)OCO2. The molecule has 1 saturated heterocycles. The molecule has 1 N–H and O–H groups in total. The van der Waals surface area contributed by atoms with E-state index in [9.17, 15) is 9.59 Å². The monoisotopic (exact) mass is 344 g/mol. The summed E-state index contributed by atoms with van der Waals surface area (Å²) in [5.74, 6) is 1.14. The third-order valence-electron chi connectivity index (χ3n) is 5.39. The standard InChI is InChI=1S/C19H24N2O4/c22-18(20-14-5-2-1-3-6-14)15-7-4-10-21(15)19(23)13-8-9-16-17(11-13)25-12-24-16/h8-9,11,14-15H,1-7,10,12H2,(H,20,22)/t15-/m1/s1. The van der Waals surface area contributed by atoms with E-state index in [1.165, 1.54) is 19.3 Å². The zero-order valence-corrected chi connectivity index (χ0v) is 14.3. The number of fused-ring (bicyclic) bond motifs is 1. The number of amides is 2. The molecule has 25 heavy (non-hydrogen) atoms. The molecule has 134 valence electrons. The molecule has 6 nitrogen and oxygen atoms in total. The van der Waals surface area contributed by atoms with Gasteiger partial charge in [-0.1, -0.05) is 19.3 Å². The number of carbonyl (C=O) groups is 2. The summed E-state index contributed by atoms with van der Waals surface area (Å²) in [4.78, 5) is 27.3. The highest BCUT2D eigenvalue weighted by Gasteiger charge is 2.35. The van der Waals surface area contributed by atoms with Gasteiger partial charge in [0.15, 0.2) is 11.5 Å². The van der Waals surface area contributed by atoms with Crippen molar-refractivity contribution in [2.45, 2.75) is 57.0 Å². The molecule has 1 saturated carbocycles. The number of rotatable bonds is 3. The van der Waals surface area contributed by atoms with E-state index in [1.807, 2.05) is 0 Å². The molecule has 0 spiro atoms. The molecule has 6 heteroatoms. The maximum absolute atomic E-state index is 12.9. The van der Waals surface area contributed by atoms with Gasteiger partial charge in [0.2, 0.25) is 12.7 Å². The molecule has 1 aromatic carbocycles. The van der Waals surface area contributed by atoms with Gasteiger partial charge in [0, 0.05) is 18.2 Å². The van der Waals surface area contributed by atoms with Crippen molar-refractivity contribution < 1.29 is 19.1 Å². The Morgan fingerprint density at radius 3 is 2.64 bits per heavy atom. The minimum Gasteiger partial charge on any atom is -0.454 e. The van der Waals surface area contributed by atoms with Crippen LogP contribution in [0, 0.1) is 0 Å². The molecule has 2 fully saturated rings. The van der Waals surface area contributed by atoms with E-state index >= 15 is 0 Å². The Hall–Kier alpha value is -2.24. The van der Waals surface area contributed by atoms with Gasteiger partial charge in [0.05, 0.1) is 0 Å². The van der Waals surface area contributed by atoms with E-state index in [1.54, 1.807) is 23.1 Å². The van der Waals surface area contributed by atoms with E-state index in [0.717, 1.165) is 25.7 Å². The molecule has 2 amide bonds. The van der Waals surface area contributed by atoms with Crippen LogP contribution in [0.5, 0.6) is 11.5 Å². The summed E-state index contributed by atoms with van der Waals surface area (Å²) in [7, 11) is 0. The predicted molar refractivity (Wildman–Crippen MR) is 91.6 cm³/mol. The fraction of sp³-hybridized carbons (Fsp3) is 0.579. The van der Waals surface area contributed by atoms with E-state index in [4.69, 9.17) is 9.47 Å². The lowest BCUT2D eigenvalue weighted by Gasteiger charge is -2.28. The van der Waals surface area contributed by atoms with Crippen molar-refractivity contribution in [1.29, 1.82) is 0 Å². The molecule has 1 atom stereocenters. The van der Waals surface area contributed by atoms with Crippen LogP contribution in [0.3, 0.4) is 0 Å². The highest BCUT2D eigenvalue weighted by atomic mass is 16.7. The topological polar surface area (TPSA) is 67.9 Å². The lowest BCUT2D eigenvalue weighted by molar-refractivity contribution is -0.125. The van der Waals surface area contributed by atoms with Crippen molar-refractivity contribution >= 4 is 11.8 Å². The van der Waals surface area contributed by atoms with E-state index in [-0.39, 0.29) is 30.7 Å². The Morgan fingerprint density at radius 1 is 1.00 bits per heavy atom. The predicted octanol–water partition coefficient (Wildman–Crippen LogP) is 2.47. The molecule has 1 aromatic rings. The Kier molecular flexibility index (Phi) is 4.51. The van der Waals surface area contributed by atoms with Gasteiger partial charge in [0.1, 0.15) is 6.04 Å². The first-order chi connectivity index (χ1) is 12.2. The summed E-state index contributed by atoms with van der Waals surface area (Å²) in [5, 5.41) is 3.16. The first-order valence-corrected chi connectivity index (χ1v) is 9.23. The van der Waals surface area contributed by atoms with Crippen molar-refractivity contribution in [3.63, 3.8) is 0 Å². The molecule has 0 unspecified atom stereocenters. The average molecular weight is 344 g/mol. The molecule has 0 bridgehead atoms. The molecule has 0 aromatic heterocycles. The van der Waals surface area contributed by atoms with Crippen LogP contribution in [0.15, 0.2) is 18.2 Å². The molecule has 4 rings (SSSR count). The average Bonchev–Trinajstić information content (AvgIpc) is 3.30. The third-order valence-corrected chi connectivity index (χ3v) is 5.39. The van der Waals surface area contributed by atoms with Crippen LogP contribution in [0.2, 0.25) is 0 Å². The van der Waals surface area contributed by atoms with Gasteiger partial charge in [-0.25, -0.2) is 0 Å². The normalized spacial score (nSPS) is 22.9. The maximum Gasteiger partial charge on any atom is 0.254 e. The van der Waals surface area contributed by atoms with Crippen molar-refractivity contribution in [2.24, 2.45) is 0 Å². The van der Waals surface area contributed by atoms with Crippen molar-refractivity contribution in [3.05, 3.63) is 23.8 Å². The molecule has 2 heterocycles. The smallest absolute Gasteiger partial charge is 0.254 e. The first-order valence-electron chi connectivity index (χ1n) is 9.23. The van der Waals surface area contributed by atoms with Gasteiger partial charge in [-0.3, -0.25) is 9.59 Å². The Balaban J connectivity index is 1.45. The van der Waals surface area contributed by atoms with Gasteiger partial charge < -0.3 is 19.7 Å². The minimum absolute atomic E-state index is 0.00140. The molecule has 3 aliphatic rings. The summed E-state index contributed by atoms with van der Waals surface area (Å²) < 4.78 is 10.6. The molecule has 1 aliphatic carbocycles. The Bertz CT molecular complexity index is 669. The van der Waals surface area contributed by atoms with E-state index in [2.05, 4.69) is 5.32 Å². The summed E-state index contributed by atoms with van der Waals surface area (Å²) in [5.41, 5.74) is 0.543. The Labute approximate surface area is 147 Å². The number of hydrogen-bond donors (Lipinski definition) is 1. The zero-order chi connectivity index (χ0) is 17.2. The van der Waals surface area contributed by atoms with Crippen LogP contribution in [0.25, 0.3) is 0 Å². The molecule has 2 aliphatic heterocycles. The second kappa shape index (κ2) is 6.94. The fourth-order valence-electron chi connectivity index (χ4n) is 4.02. The van der Waals surface area contributed by atoms with Gasteiger partial charge >= 0.3 is 0 Å². The van der Waals surface area contributed by atoms with Crippen molar-refractivity contribution in [1.82, 2.24) is 10.2 Å². The largest absolute Gasteiger partial charge is 0.454 e. The quantitative estimate of drug-likeness (QED) is 0.915.